The van der Waals surface area contributed by atoms with Crippen molar-refractivity contribution in [3.05, 3.63) is 27.5 Å². The zero-order valence-corrected chi connectivity index (χ0v) is 12.5. The van der Waals surface area contributed by atoms with Crippen molar-refractivity contribution in [1.29, 1.82) is 0 Å². The minimum Gasteiger partial charge on any atom is -0.492 e. The van der Waals surface area contributed by atoms with Crippen LogP contribution in [-0.4, -0.2) is 18.2 Å². The lowest BCUT2D eigenvalue weighted by molar-refractivity contribution is -0.137. The first-order valence-electron chi connectivity index (χ1n) is 6.20. The van der Waals surface area contributed by atoms with E-state index in [1.54, 1.807) is 6.07 Å². The Kier molecular flexibility index (Phi) is 4.13. The Morgan fingerprint density at radius 1 is 1.63 bits per heavy atom. The highest BCUT2D eigenvalue weighted by Crippen LogP contribution is 2.47. The second-order valence-corrected chi connectivity index (χ2v) is 5.78. The van der Waals surface area contributed by atoms with E-state index in [0.29, 0.717) is 10.0 Å². The van der Waals surface area contributed by atoms with Crippen molar-refractivity contribution in [3.8, 4) is 5.75 Å². The average Bonchev–Trinajstić information content (AvgIpc) is 3.16. The third-order valence-electron chi connectivity index (χ3n) is 3.56. The maximum atomic E-state index is 14.5. The smallest absolute Gasteiger partial charge is 0.303 e. The molecule has 0 saturated heterocycles. The van der Waals surface area contributed by atoms with Crippen LogP contribution in [0.4, 0.5) is 4.39 Å². The van der Waals surface area contributed by atoms with Gasteiger partial charge in [0.1, 0.15) is 0 Å². The third kappa shape index (κ3) is 2.91. The van der Waals surface area contributed by atoms with Crippen LogP contribution in [0.3, 0.4) is 0 Å². The Hall–Kier alpha value is -1.10. The number of ether oxygens (including phenoxy) is 1. The van der Waals surface area contributed by atoms with E-state index in [2.05, 4.69) is 15.9 Å². The van der Waals surface area contributed by atoms with Crippen LogP contribution in [0.25, 0.3) is 0 Å². The van der Waals surface area contributed by atoms with Crippen molar-refractivity contribution in [2.75, 3.05) is 7.11 Å². The lowest BCUT2D eigenvalue weighted by Gasteiger charge is -2.19. The van der Waals surface area contributed by atoms with Crippen LogP contribution in [0.1, 0.15) is 36.3 Å². The van der Waals surface area contributed by atoms with Crippen LogP contribution >= 0.6 is 15.9 Å². The summed E-state index contributed by atoms with van der Waals surface area (Å²) in [4.78, 5) is 11.0. The van der Waals surface area contributed by atoms with Crippen LogP contribution in [0.5, 0.6) is 5.75 Å². The molecule has 1 aliphatic carbocycles. The second kappa shape index (κ2) is 5.49. The molecule has 1 saturated carbocycles. The van der Waals surface area contributed by atoms with Gasteiger partial charge in [-0.1, -0.05) is 6.07 Å². The molecule has 0 spiro atoms. The van der Waals surface area contributed by atoms with Gasteiger partial charge in [-0.25, -0.2) is 4.39 Å². The van der Waals surface area contributed by atoms with Crippen LogP contribution < -0.4 is 4.74 Å². The van der Waals surface area contributed by atoms with Gasteiger partial charge in [0.25, 0.3) is 0 Å². The van der Waals surface area contributed by atoms with Crippen molar-refractivity contribution in [2.45, 2.75) is 32.1 Å². The number of aliphatic carboxylic acids is 1. The normalized spacial score (nSPS) is 16.2. The first-order chi connectivity index (χ1) is 8.95. The molecule has 2 rings (SSSR count). The van der Waals surface area contributed by atoms with Gasteiger partial charge in [0, 0.05) is 5.92 Å². The second-order valence-electron chi connectivity index (χ2n) is 4.99. The zero-order chi connectivity index (χ0) is 14.2. The molecule has 1 aromatic rings. The molecule has 0 heterocycles. The summed E-state index contributed by atoms with van der Waals surface area (Å²) in [7, 11) is 1.41. The molecular weight excluding hydrogens is 315 g/mol. The number of carboxylic acids is 1. The molecule has 1 fully saturated rings. The van der Waals surface area contributed by atoms with Crippen molar-refractivity contribution >= 4 is 21.9 Å². The number of hydrogen-bond donors (Lipinski definition) is 1. The number of hydrogen-bond acceptors (Lipinski definition) is 2. The third-order valence-corrected chi connectivity index (χ3v) is 4.55. The van der Waals surface area contributed by atoms with Gasteiger partial charge in [0.15, 0.2) is 11.6 Å². The summed E-state index contributed by atoms with van der Waals surface area (Å²) >= 11 is 3.30. The lowest BCUT2D eigenvalue weighted by Crippen LogP contribution is -2.11. The maximum absolute atomic E-state index is 14.5. The summed E-state index contributed by atoms with van der Waals surface area (Å²) in [6.45, 7) is 1.85. The molecule has 0 amide bonds. The first kappa shape index (κ1) is 14.3. The Labute approximate surface area is 119 Å². The van der Waals surface area contributed by atoms with Gasteiger partial charge < -0.3 is 9.84 Å². The lowest BCUT2D eigenvalue weighted by atomic mass is 9.89. The Morgan fingerprint density at radius 2 is 2.26 bits per heavy atom. The van der Waals surface area contributed by atoms with Crippen LogP contribution in [-0.2, 0) is 4.79 Å². The number of carboxylic acid groups (broad SMARTS) is 1. The highest BCUT2D eigenvalue weighted by atomic mass is 79.9. The van der Waals surface area contributed by atoms with E-state index in [4.69, 9.17) is 9.84 Å². The molecule has 1 N–H and O–H groups in total. The van der Waals surface area contributed by atoms with E-state index >= 15 is 0 Å². The molecular formula is C14H16BrFO3. The number of rotatable bonds is 5. The Balaban J connectivity index is 2.47. The van der Waals surface area contributed by atoms with Gasteiger partial charge in [-0.3, -0.25) is 4.79 Å². The predicted molar refractivity (Wildman–Crippen MR) is 73.1 cm³/mol. The van der Waals surface area contributed by atoms with E-state index in [9.17, 15) is 9.18 Å². The fourth-order valence-electron chi connectivity index (χ4n) is 2.43. The van der Waals surface area contributed by atoms with Crippen molar-refractivity contribution in [1.82, 2.24) is 0 Å². The van der Waals surface area contributed by atoms with Crippen LogP contribution in [0.15, 0.2) is 10.5 Å². The molecule has 104 valence electrons. The molecule has 1 aromatic carbocycles. The summed E-state index contributed by atoms with van der Waals surface area (Å²) in [5.74, 6) is -1.17. The Morgan fingerprint density at radius 3 is 2.74 bits per heavy atom. The van der Waals surface area contributed by atoms with E-state index in [1.807, 2.05) is 6.92 Å². The molecule has 0 aliphatic heterocycles. The molecule has 5 heteroatoms. The first-order valence-corrected chi connectivity index (χ1v) is 6.99. The van der Waals surface area contributed by atoms with E-state index in [1.165, 1.54) is 7.11 Å². The summed E-state index contributed by atoms with van der Waals surface area (Å²) in [5, 5.41) is 9.00. The highest BCUT2D eigenvalue weighted by Gasteiger charge is 2.36. The number of aryl methyl sites for hydroxylation is 1. The van der Waals surface area contributed by atoms with Gasteiger partial charge in [0.2, 0.25) is 0 Å². The van der Waals surface area contributed by atoms with Gasteiger partial charge in [-0.15, -0.1) is 0 Å². The fraction of sp³-hybridized carbons (Fsp3) is 0.500. The van der Waals surface area contributed by atoms with E-state index in [-0.39, 0.29) is 24.0 Å². The fourth-order valence-corrected chi connectivity index (χ4v) is 2.88. The Bertz CT molecular complexity index is 512. The summed E-state index contributed by atoms with van der Waals surface area (Å²) in [6.07, 6.45) is 1.90. The molecule has 0 bridgehead atoms. The molecule has 0 radical (unpaired) electrons. The summed E-state index contributed by atoms with van der Waals surface area (Å²) in [6, 6.07) is 1.73. The minimum atomic E-state index is -0.893. The van der Waals surface area contributed by atoms with E-state index in [0.717, 1.165) is 18.4 Å². The van der Waals surface area contributed by atoms with Crippen molar-refractivity contribution < 1.29 is 19.0 Å². The summed E-state index contributed by atoms with van der Waals surface area (Å²) < 4.78 is 20.1. The largest absolute Gasteiger partial charge is 0.492 e. The molecule has 1 atom stereocenters. The van der Waals surface area contributed by atoms with Crippen molar-refractivity contribution in [3.63, 3.8) is 0 Å². The minimum absolute atomic E-state index is 0.0359. The maximum Gasteiger partial charge on any atom is 0.303 e. The van der Waals surface area contributed by atoms with Crippen LogP contribution in [0, 0.1) is 18.7 Å². The van der Waals surface area contributed by atoms with Gasteiger partial charge in [-0.05, 0) is 52.7 Å². The summed E-state index contributed by atoms with van der Waals surface area (Å²) in [5.41, 5.74) is 1.31. The molecule has 3 nitrogen and oxygen atoms in total. The topological polar surface area (TPSA) is 46.5 Å². The monoisotopic (exact) mass is 330 g/mol. The quantitative estimate of drug-likeness (QED) is 0.891. The van der Waals surface area contributed by atoms with Gasteiger partial charge in [0.05, 0.1) is 18.0 Å². The standard InChI is InChI=1S/C14H16BrFO3/c1-7-5-10(13(16)14(19-2)12(7)15)9(6-11(17)18)8-3-4-8/h5,8-9H,3-4,6H2,1-2H3,(H,17,18). The highest BCUT2D eigenvalue weighted by molar-refractivity contribution is 9.10. The molecule has 1 unspecified atom stereocenters. The van der Waals surface area contributed by atoms with Gasteiger partial charge >= 0.3 is 5.97 Å². The van der Waals surface area contributed by atoms with Crippen molar-refractivity contribution in [2.24, 2.45) is 5.92 Å². The number of benzene rings is 1. The average molecular weight is 331 g/mol. The van der Waals surface area contributed by atoms with Crippen LogP contribution in [0.2, 0.25) is 0 Å². The number of carbonyl (C=O) groups is 1. The molecule has 0 aromatic heterocycles. The molecule has 1 aliphatic rings. The SMILES string of the molecule is COc1c(F)c(C(CC(=O)O)C2CC2)cc(C)c1Br. The van der Waals surface area contributed by atoms with Gasteiger partial charge in [-0.2, -0.15) is 0 Å². The zero-order valence-electron chi connectivity index (χ0n) is 10.9. The predicted octanol–water partition coefficient (Wildman–Crippen LogP) is 3.87. The molecule has 19 heavy (non-hydrogen) atoms. The number of methoxy groups -OCH3 is 1. The van der Waals surface area contributed by atoms with E-state index < -0.39 is 11.8 Å². The number of halogens is 2.